The summed E-state index contributed by atoms with van der Waals surface area (Å²) in [4.78, 5) is 37.4. The van der Waals surface area contributed by atoms with Gasteiger partial charge in [-0.05, 0) is 61.8 Å². The number of rotatable bonds is 13. The normalized spacial score (nSPS) is 14.6. The van der Waals surface area contributed by atoms with Gasteiger partial charge in [0.2, 0.25) is 0 Å². The molecule has 2 amide bonds. The first-order chi connectivity index (χ1) is 15.1. The smallest absolute Gasteiger partial charge is 0.408 e. The Morgan fingerprint density at radius 2 is 1.39 bits per heavy atom. The highest BCUT2D eigenvalue weighted by molar-refractivity contribution is 5.86. The van der Waals surface area contributed by atoms with E-state index in [-0.39, 0.29) is 19.8 Å². The number of amides is 2. The minimum absolute atomic E-state index is 0.128. The molecule has 0 aliphatic heterocycles. The van der Waals surface area contributed by atoms with Crippen molar-refractivity contribution in [3.63, 3.8) is 0 Å². The van der Waals surface area contributed by atoms with Crippen molar-refractivity contribution in [3.8, 4) is 0 Å². The summed E-state index contributed by atoms with van der Waals surface area (Å²) in [5.41, 5.74) is -2.79. The van der Waals surface area contributed by atoms with Crippen LogP contribution in [0.3, 0.4) is 0 Å². The molecule has 0 saturated heterocycles. The van der Waals surface area contributed by atoms with Crippen LogP contribution in [-0.2, 0) is 23.7 Å². The van der Waals surface area contributed by atoms with E-state index in [2.05, 4.69) is 17.6 Å². The number of alkyl carbamates (subject to hydrolysis) is 2. The third kappa shape index (κ3) is 14.0. The van der Waals surface area contributed by atoms with Gasteiger partial charge in [-0.1, -0.05) is 32.6 Å². The summed E-state index contributed by atoms with van der Waals surface area (Å²) in [6.45, 7) is 16.5. The summed E-state index contributed by atoms with van der Waals surface area (Å²) in [5, 5.41) is 5.32. The van der Waals surface area contributed by atoms with E-state index in [1.807, 2.05) is 0 Å². The Hall–Kier alpha value is -2.03. The Morgan fingerprint density at radius 3 is 1.91 bits per heavy atom. The summed E-state index contributed by atoms with van der Waals surface area (Å²) in [7, 11) is 0. The van der Waals surface area contributed by atoms with Crippen molar-refractivity contribution in [2.24, 2.45) is 0 Å². The third-order valence-corrected chi connectivity index (χ3v) is 4.51. The lowest BCUT2D eigenvalue weighted by atomic mass is 9.90. The maximum absolute atomic E-state index is 12.9. The van der Waals surface area contributed by atoms with Crippen LogP contribution in [0.15, 0.2) is 0 Å². The Labute approximate surface area is 199 Å². The Kier molecular flexibility index (Phi) is 13.4. The number of carbonyl (C=O) groups excluding carboxylic acids is 3. The quantitative estimate of drug-likeness (QED) is 0.226. The standard InChI is InChI=1S/C24H46N2O7/c1-10-12-13-14-15-18(31-17-16-25-20(28)32-22(3,4)5)24(9,19(27)30-11-2)26-21(29)33-23(6,7)8/h18H,10-17H2,1-9H3,(H,25,28)(H,26,29)/t18-,24-/m1/s1. The average Bonchev–Trinajstić information content (AvgIpc) is 2.63. The fourth-order valence-electron chi connectivity index (χ4n) is 3.02. The third-order valence-electron chi connectivity index (χ3n) is 4.51. The van der Waals surface area contributed by atoms with Crippen molar-refractivity contribution in [1.29, 1.82) is 0 Å². The molecule has 0 fully saturated rings. The molecular formula is C24H46N2O7. The van der Waals surface area contributed by atoms with Gasteiger partial charge in [-0.15, -0.1) is 0 Å². The van der Waals surface area contributed by atoms with E-state index < -0.39 is 41.0 Å². The van der Waals surface area contributed by atoms with Gasteiger partial charge in [0.15, 0.2) is 5.54 Å². The Morgan fingerprint density at radius 1 is 0.818 bits per heavy atom. The van der Waals surface area contributed by atoms with E-state index in [4.69, 9.17) is 18.9 Å². The molecular weight excluding hydrogens is 428 g/mol. The largest absolute Gasteiger partial charge is 0.464 e. The second-order valence-corrected chi connectivity index (χ2v) is 10.2. The van der Waals surface area contributed by atoms with Crippen molar-refractivity contribution < 1.29 is 33.3 Å². The first-order valence-corrected chi connectivity index (χ1v) is 11.9. The van der Waals surface area contributed by atoms with Crippen LogP contribution in [0, 0.1) is 0 Å². The SMILES string of the molecule is CCCCCC[C@@H](OCCNC(=O)OC(C)(C)C)[C@@](C)(NC(=O)OC(C)(C)C)C(=O)OCC. The maximum atomic E-state index is 12.9. The Bertz CT molecular complexity index is 611. The molecule has 194 valence electrons. The summed E-state index contributed by atoms with van der Waals surface area (Å²) >= 11 is 0. The van der Waals surface area contributed by atoms with Gasteiger partial charge < -0.3 is 29.6 Å². The number of nitrogens with one attached hydrogen (secondary N) is 2. The van der Waals surface area contributed by atoms with E-state index in [0.717, 1.165) is 25.7 Å². The van der Waals surface area contributed by atoms with E-state index in [1.54, 1.807) is 55.4 Å². The van der Waals surface area contributed by atoms with Gasteiger partial charge in [-0.2, -0.15) is 0 Å². The molecule has 2 N–H and O–H groups in total. The highest BCUT2D eigenvalue weighted by atomic mass is 16.6. The van der Waals surface area contributed by atoms with Crippen LogP contribution in [0.4, 0.5) is 9.59 Å². The van der Waals surface area contributed by atoms with Gasteiger partial charge in [0.1, 0.15) is 11.2 Å². The van der Waals surface area contributed by atoms with E-state index in [0.29, 0.717) is 6.42 Å². The predicted molar refractivity (Wildman–Crippen MR) is 127 cm³/mol. The number of ether oxygens (including phenoxy) is 4. The van der Waals surface area contributed by atoms with Gasteiger partial charge >= 0.3 is 18.2 Å². The summed E-state index contributed by atoms with van der Waals surface area (Å²) in [5.74, 6) is -0.601. The van der Waals surface area contributed by atoms with Gasteiger partial charge in [-0.25, -0.2) is 14.4 Å². The molecule has 0 unspecified atom stereocenters. The minimum Gasteiger partial charge on any atom is -0.464 e. The lowest BCUT2D eigenvalue weighted by molar-refractivity contribution is -0.158. The highest BCUT2D eigenvalue weighted by Gasteiger charge is 2.45. The van der Waals surface area contributed by atoms with Crippen LogP contribution in [-0.4, -0.2) is 60.8 Å². The monoisotopic (exact) mass is 474 g/mol. The molecule has 0 aromatic rings. The predicted octanol–water partition coefficient (Wildman–Crippen LogP) is 4.71. The van der Waals surface area contributed by atoms with Crippen molar-refractivity contribution in [1.82, 2.24) is 10.6 Å². The minimum atomic E-state index is -1.46. The van der Waals surface area contributed by atoms with E-state index in [1.165, 1.54) is 0 Å². The second kappa shape index (κ2) is 14.3. The van der Waals surface area contributed by atoms with E-state index >= 15 is 0 Å². The molecule has 9 nitrogen and oxygen atoms in total. The first-order valence-electron chi connectivity index (χ1n) is 11.9. The zero-order chi connectivity index (χ0) is 25.7. The molecule has 0 spiro atoms. The van der Waals surface area contributed by atoms with Gasteiger partial charge in [0, 0.05) is 6.54 Å². The second-order valence-electron chi connectivity index (χ2n) is 10.2. The van der Waals surface area contributed by atoms with Crippen LogP contribution in [0.25, 0.3) is 0 Å². The van der Waals surface area contributed by atoms with Crippen molar-refractivity contribution in [2.75, 3.05) is 19.8 Å². The highest BCUT2D eigenvalue weighted by Crippen LogP contribution is 2.23. The number of hydrogen-bond acceptors (Lipinski definition) is 7. The molecule has 33 heavy (non-hydrogen) atoms. The van der Waals surface area contributed by atoms with Crippen LogP contribution >= 0.6 is 0 Å². The molecule has 0 aliphatic carbocycles. The van der Waals surface area contributed by atoms with Gasteiger partial charge in [0.05, 0.1) is 19.3 Å². The van der Waals surface area contributed by atoms with Crippen LogP contribution in [0.5, 0.6) is 0 Å². The van der Waals surface area contributed by atoms with Crippen LogP contribution in [0.2, 0.25) is 0 Å². The van der Waals surface area contributed by atoms with Crippen molar-refractivity contribution >= 4 is 18.2 Å². The molecule has 0 aromatic carbocycles. The van der Waals surface area contributed by atoms with Gasteiger partial charge in [0.25, 0.3) is 0 Å². The fourth-order valence-corrected chi connectivity index (χ4v) is 3.02. The van der Waals surface area contributed by atoms with Crippen molar-refractivity contribution in [3.05, 3.63) is 0 Å². The summed E-state index contributed by atoms with van der Waals surface area (Å²) < 4.78 is 21.9. The molecule has 2 atom stereocenters. The topological polar surface area (TPSA) is 112 Å². The number of hydrogen-bond donors (Lipinski definition) is 2. The lowest BCUT2D eigenvalue weighted by Gasteiger charge is -2.36. The zero-order valence-corrected chi connectivity index (χ0v) is 22.1. The fraction of sp³-hybridized carbons (Fsp3) is 0.875. The molecule has 0 saturated carbocycles. The number of esters is 1. The molecule has 0 aliphatic rings. The Balaban J connectivity index is 5.41. The maximum Gasteiger partial charge on any atom is 0.408 e. The molecule has 0 rings (SSSR count). The lowest BCUT2D eigenvalue weighted by Crippen LogP contribution is -2.62. The summed E-state index contributed by atoms with van der Waals surface area (Å²) in [6, 6.07) is 0. The molecule has 0 heterocycles. The first kappa shape index (κ1) is 31.0. The number of unbranched alkanes of at least 4 members (excludes halogenated alkanes) is 3. The summed E-state index contributed by atoms with van der Waals surface area (Å²) in [6.07, 6.45) is 2.47. The molecule has 9 heteroatoms. The van der Waals surface area contributed by atoms with Gasteiger partial charge in [-0.3, -0.25) is 0 Å². The average molecular weight is 475 g/mol. The van der Waals surface area contributed by atoms with E-state index in [9.17, 15) is 14.4 Å². The molecule has 0 aromatic heterocycles. The van der Waals surface area contributed by atoms with Crippen LogP contribution < -0.4 is 10.6 Å². The molecule has 0 bridgehead atoms. The molecule has 0 radical (unpaired) electrons. The van der Waals surface area contributed by atoms with Crippen molar-refractivity contribution in [2.45, 2.75) is 117 Å². The van der Waals surface area contributed by atoms with Crippen LogP contribution in [0.1, 0.15) is 94.4 Å². The zero-order valence-electron chi connectivity index (χ0n) is 22.1. The number of carbonyl (C=O) groups is 3.